The third-order valence-electron chi connectivity index (χ3n) is 5.30. The number of phenols is 1. The van der Waals surface area contributed by atoms with Crippen molar-refractivity contribution in [1.29, 1.82) is 0 Å². The summed E-state index contributed by atoms with van der Waals surface area (Å²) >= 11 is 0. The van der Waals surface area contributed by atoms with Gasteiger partial charge in [-0.15, -0.1) is 0 Å². The summed E-state index contributed by atoms with van der Waals surface area (Å²) in [5.41, 5.74) is 6.20. The molecule has 31 heavy (non-hydrogen) atoms. The first kappa shape index (κ1) is 20.6. The van der Waals surface area contributed by atoms with Crippen molar-refractivity contribution in [2.45, 2.75) is 26.8 Å². The van der Waals surface area contributed by atoms with E-state index in [1.807, 2.05) is 37.4 Å². The van der Waals surface area contributed by atoms with E-state index in [2.05, 4.69) is 59.3 Å². The zero-order chi connectivity index (χ0) is 21.6. The average molecular weight is 410 g/mol. The number of anilines is 1. The lowest BCUT2D eigenvalue weighted by molar-refractivity contribution is 0.475. The summed E-state index contributed by atoms with van der Waals surface area (Å²) in [6, 6.07) is 26.1. The number of nitrogens with zero attached hydrogens (tertiary/aromatic N) is 3. The van der Waals surface area contributed by atoms with Gasteiger partial charge in [0.25, 0.3) is 0 Å². The molecule has 4 heteroatoms. The van der Waals surface area contributed by atoms with Gasteiger partial charge in [-0.25, -0.2) is 4.98 Å². The van der Waals surface area contributed by atoms with Gasteiger partial charge in [0.1, 0.15) is 11.6 Å². The van der Waals surface area contributed by atoms with Crippen molar-refractivity contribution in [3.05, 3.63) is 96.3 Å². The number of hydrogen-bond donors (Lipinski definition) is 1. The molecule has 0 amide bonds. The van der Waals surface area contributed by atoms with Crippen LogP contribution in [0.4, 0.5) is 5.82 Å². The molecule has 0 radical (unpaired) electrons. The van der Waals surface area contributed by atoms with E-state index in [1.54, 1.807) is 12.1 Å². The van der Waals surface area contributed by atoms with Gasteiger partial charge in [-0.05, 0) is 72.5 Å². The highest BCUT2D eigenvalue weighted by Gasteiger charge is 2.14. The van der Waals surface area contributed by atoms with Crippen molar-refractivity contribution in [2.24, 2.45) is 0 Å². The molecule has 0 bridgehead atoms. The Hall–Kier alpha value is -3.66. The largest absolute Gasteiger partial charge is 0.508 e. The van der Waals surface area contributed by atoms with Crippen molar-refractivity contribution >= 4 is 5.82 Å². The van der Waals surface area contributed by atoms with E-state index in [9.17, 15) is 5.11 Å². The normalized spacial score (nSPS) is 10.8. The lowest BCUT2D eigenvalue weighted by atomic mass is 10.00. The van der Waals surface area contributed by atoms with Crippen LogP contribution in [0.3, 0.4) is 0 Å². The highest BCUT2D eigenvalue weighted by Crippen LogP contribution is 2.32. The molecule has 0 atom stereocenters. The van der Waals surface area contributed by atoms with Gasteiger partial charge >= 0.3 is 0 Å². The Morgan fingerprint density at radius 3 is 2.39 bits per heavy atom. The fraction of sp³-hybridized carbons (Fsp3) is 0.185. The molecule has 0 aliphatic carbocycles. The maximum absolute atomic E-state index is 9.86. The van der Waals surface area contributed by atoms with Crippen LogP contribution in [0, 0.1) is 6.92 Å². The van der Waals surface area contributed by atoms with E-state index >= 15 is 0 Å². The van der Waals surface area contributed by atoms with E-state index in [0.29, 0.717) is 6.54 Å². The van der Waals surface area contributed by atoms with Crippen LogP contribution in [-0.2, 0) is 6.54 Å². The third kappa shape index (κ3) is 4.92. The van der Waals surface area contributed by atoms with Crippen LogP contribution in [0.15, 0.2) is 85.1 Å². The lowest BCUT2D eigenvalue weighted by Gasteiger charge is -2.24. The smallest absolute Gasteiger partial charge is 0.130 e. The number of aromatic hydroxyl groups is 1. The number of pyridine rings is 2. The van der Waals surface area contributed by atoms with Gasteiger partial charge in [-0.1, -0.05) is 43.3 Å². The van der Waals surface area contributed by atoms with Gasteiger partial charge < -0.3 is 10.0 Å². The highest BCUT2D eigenvalue weighted by atomic mass is 16.3. The topological polar surface area (TPSA) is 49.2 Å². The molecule has 0 unspecified atom stereocenters. The SMILES string of the molecule is CCCN(Cc1ccccn1)c1cc(-c2ccccc2)cc(-c2ccc(O)cc2C)n1. The summed E-state index contributed by atoms with van der Waals surface area (Å²) in [6.45, 7) is 5.77. The standard InChI is InChI=1S/C27H27N3O/c1-3-15-30(19-23-11-7-8-14-28-23)27-18-22(21-9-5-4-6-10-21)17-26(29-27)25-13-12-24(31)16-20(25)2/h4-14,16-18,31H,3,15,19H2,1-2H3. The molecule has 0 fully saturated rings. The molecule has 0 saturated carbocycles. The molecule has 4 rings (SSSR count). The zero-order valence-corrected chi connectivity index (χ0v) is 18.0. The van der Waals surface area contributed by atoms with Crippen molar-refractivity contribution in [1.82, 2.24) is 9.97 Å². The predicted molar refractivity (Wildman–Crippen MR) is 127 cm³/mol. The first-order valence-corrected chi connectivity index (χ1v) is 10.7. The molecule has 0 spiro atoms. The van der Waals surface area contributed by atoms with E-state index in [0.717, 1.165) is 52.4 Å². The molecule has 4 aromatic rings. The summed E-state index contributed by atoms with van der Waals surface area (Å²) in [5.74, 6) is 1.19. The maximum Gasteiger partial charge on any atom is 0.130 e. The molecule has 0 aliphatic rings. The van der Waals surface area contributed by atoms with Gasteiger partial charge in [0.15, 0.2) is 0 Å². The molecular formula is C27H27N3O. The first-order chi connectivity index (χ1) is 15.1. The number of rotatable bonds is 7. The monoisotopic (exact) mass is 409 g/mol. The number of benzene rings is 2. The Balaban J connectivity index is 1.83. The van der Waals surface area contributed by atoms with Crippen LogP contribution in [0.25, 0.3) is 22.4 Å². The maximum atomic E-state index is 9.86. The number of phenolic OH excluding ortho intramolecular Hbond substituents is 1. The molecular weight excluding hydrogens is 382 g/mol. The van der Waals surface area contributed by atoms with E-state index in [1.165, 1.54) is 0 Å². The second-order valence-electron chi connectivity index (χ2n) is 7.71. The molecule has 1 N–H and O–H groups in total. The summed E-state index contributed by atoms with van der Waals surface area (Å²) < 4.78 is 0. The van der Waals surface area contributed by atoms with Crippen LogP contribution in [0.2, 0.25) is 0 Å². The summed E-state index contributed by atoms with van der Waals surface area (Å²) in [7, 11) is 0. The minimum absolute atomic E-state index is 0.267. The third-order valence-corrected chi connectivity index (χ3v) is 5.30. The van der Waals surface area contributed by atoms with Crippen LogP contribution in [0.5, 0.6) is 5.75 Å². The molecule has 2 aromatic heterocycles. The Bertz CT molecular complexity index is 1140. The van der Waals surface area contributed by atoms with Crippen molar-refractivity contribution in [2.75, 3.05) is 11.4 Å². The van der Waals surface area contributed by atoms with Crippen LogP contribution < -0.4 is 4.90 Å². The highest BCUT2D eigenvalue weighted by molar-refractivity contribution is 5.75. The number of hydrogen-bond acceptors (Lipinski definition) is 4. The zero-order valence-electron chi connectivity index (χ0n) is 18.0. The van der Waals surface area contributed by atoms with Crippen LogP contribution in [0.1, 0.15) is 24.6 Å². The van der Waals surface area contributed by atoms with Crippen LogP contribution >= 0.6 is 0 Å². The molecule has 2 heterocycles. The second kappa shape index (κ2) is 9.43. The molecule has 0 aliphatic heterocycles. The lowest BCUT2D eigenvalue weighted by Crippen LogP contribution is -2.25. The Morgan fingerprint density at radius 1 is 0.871 bits per heavy atom. The Morgan fingerprint density at radius 2 is 1.68 bits per heavy atom. The fourth-order valence-electron chi connectivity index (χ4n) is 3.78. The summed E-state index contributed by atoms with van der Waals surface area (Å²) in [5, 5.41) is 9.86. The molecule has 4 nitrogen and oxygen atoms in total. The quantitative estimate of drug-likeness (QED) is 0.392. The van der Waals surface area contributed by atoms with Crippen molar-refractivity contribution in [3.8, 4) is 28.1 Å². The van der Waals surface area contributed by atoms with E-state index in [-0.39, 0.29) is 5.75 Å². The Kier molecular flexibility index (Phi) is 6.27. The summed E-state index contributed by atoms with van der Waals surface area (Å²) in [4.78, 5) is 11.9. The van der Waals surface area contributed by atoms with Gasteiger partial charge in [0, 0.05) is 18.3 Å². The molecule has 156 valence electrons. The second-order valence-corrected chi connectivity index (χ2v) is 7.71. The van der Waals surface area contributed by atoms with Crippen molar-refractivity contribution < 1.29 is 5.11 Å². The number of aryl methyl sites for hydroxylation is 1. The van der Waals surface area contributed by atoms with E-state index < -0.39 is 0 Å². The van der Waals surface area contributed by atoms with Crippen LogP contribution in [-0.4, -0.2) is 21.6 Å². The minimum atomic E-state index is 0.267. The van der Waals surface area contributed by atoms with Gasteiger partial charge in [-0.2, -0.15) is 0 Å². The minimum Gasteiger partial charge on any atom is -0.508 e. The molecule has 0 saturated heterocycles. The number of aromatic nitrogens is 2. The van der Waals surface area contributed by atoms with E-state index in [4.69, 9.17) is 4.98 Å². The first-order valence-electron chi connectivity index (χ1n) is 10.7. The summed E-state index contributed by atoms with van der Waals surface area (Å²) in [6.07, 6.45) is 2.84. The van der Waals surface area contributed by atoms with Gasteiger partial charge in [0.05, 0.1) is 17.9 Å². The average Bonchev–Trinajstić information content (AvgIpc) is 2.80. The van der Waals surface area contributed by atoms with Gasteiger partial charge in [0.2, 0.25) is 0 Å². The Labute approximate surface area is 183 Å². The van der Waals surface area contributed by atoms with Crippen molar-refractivity contribution in [3.63, 3.8) is 0 Å². The van der Waals surface area contributed by atoms with Gasteiger partial charge in [-0.3, -0.25) is 4.98 Å². The fourth-order valence-corrected chi connectivity index (χ4v) is 3.78. The predicted octanol–water partition coefficient (Wildman–Crippen LogP) is 6.24. The molecule has 2 aromatic carbocycles.